The van der Waals surface area contributed by atoms with E-state index in [0.29, 0.717) is 72.8 Å². The molecule has 0 aliphatic heterocycles. The highest BCUT2D eigenvalue weighted by Gasteiger charge is 2.24. The van der Waals surface area contributed by atoms with Crippen molar-refractivity contribution in [2.24, 2.45) is 4.99 Å². The number of carbonyl (C=O) groups is 2. The third-order valence-corrected chi connectivity index (χ3v) is 13.2. The van der Waals surface area contributed by atoms with Crippen LogP contribution in [0.15, 0.2) is 53.5 Å². The minimum atomic E-state index is -1.25. The number of benzene rings is 2. The van der Waals surface area contributed by atoms with Crippen molar-refractivity contribution in [2.75, 3.05) is 52.0 Å². The van der Waals surface area contributed by atoms with Crippen LogP contribution >= 0.6 is 22.7 Å². The van der Waals surface area contributed by atoms with E-state index in [2.05, 4.69) is 58.4 Å². The van der Waals surface area contributed by atoms with Crippen molar-refractivity contribution < 1.29 is 38.0 Å². The van der Waals surface area contributed by atoms with Gasteiger partial charge in [0, 0.05) is 45.3 Å². The van der Waals surface area contributed by atoms with Crippen molar-refractivity contribution in [3.8, 4) is 17.6 Å². The van der Waals surface area contributed by atoms with Gasteiger partial charge in [-0.2, -0.15) is 4.99 Å². The number of aliphatic hydroxyl groups excluding tert-OH is 1. The Morgan fingerprint density at radius 1 is 1.03 bits per heavy atom. The fourth-order valence-corrected chi connectivity index (χ4v) is 8.81. The average Bonchev–Trinajstić information content (AvgIpc) is 3.80. The first-order valence-corrected chi connectivity index (χ1v) is 26.2. The summed E-state index contributed by atoms with van der Waals surface area (Å²) in [5.41, 5.74) is 1.81. The standard InChI is InChI=1S/C45H58FN7O7S2Si/c1-31-28-38(49-50-40(31)48-43-53(30-58-26-27-63(7,8)9)34-17-10-11-18-36(34)61-43)52(23-12-13-24-54)42-47-39(41(55)57-6)37(62-42)19-15-25-59-35-21-20-32(29-33(35)46)16-14-22-51(5)44(56)60-45(2,3)4/h10-11,17-18,20-21,28-29,54H,12-13,15,19,22-27,30H2,1-9H3/b48-43-. The first-order valence-electron chi connectivity index (χ1n) is 20.8. The van der Waals surface area contributed by atoms with Gasteiger partial charge in [0.2, 0.25) is 0 Å². The zero-order valence-corrected chi connectivity index (χ0v) is 40.3. The second kappa shape index (κ2) is 22.4. The number of nitrogens with zero attached hydrogens (tertiary/aromatic N) is 7. The molecule has 3 aromatic heterocycles. The van der Waals surface area contributed by atoms with Crippen molar-refractivity contribution in [1.29, 1.82) is 0 Å². The summed E-state index contributed by atoms with van der Waals surface area (Å²) in [6.07, 6.45) is 1.53. The van der Waals surface area contributed by atoms with Crippen molar-refractivity contribution in [3.63, 3.8) is 0 Å². The number of amides is 1. The van der Waals surface area contributed by atoms with Gasteiger partial charge in [-0.1, -0.05) is 55.0 Å². The molecule has 338 valence electrons. The van der Waals surface area contributed by atoms with E-state index in [1.807, 2.05) is 30.0 Å². The van der Waals surface area contributed by atoms with Crippen LogP contribution in [0.2, 0.25) is 25.7 Å². The van der Waals surface area contributed by atoms with Crippen LogP contribution in [-0.2, 0) is 27.4 Å². The molecule has 0 aliphatic carbocycles. The number of aliphatic hydroxyl groups is 1. The van der Waals surface area contributed by atoms with E-state index in [1.54, 1.807) is 45.2 Å². The van der Waals surface area contributed by atoms with Gasteiger partial charge < -0.3 is 33.9 Å². The Morgan fingerprint density at radius 3 is 2.51 bits per heavy atom. The summed E-state index contributed by atoms with van der Waals surface area (Å²) in [6, 6.07) is 15.5. The van der Waals surface area contributed by atoms with Crippen molar-refractivity contribution in [1.82, 2.24) is 24.6 Å². The fraction of sp³-hybridized carbons (Fsp3) is 0.467. The van der Waals surface area contributed by atoms with Crippen LogP contribution in [-0.4, -0.2) is 103 Å². The summed E-state index contributed by atoms with van der Waals surface area (Å²) in [7, 11) is 1.63. The maximum absolute atomic E-state index is 15.0. The van der Waals surface area contributed by atoms with Gasteiger partial charge in [-0.15, -0.1) is 21.5 Å². The van der Waals surface area contributed by atoms with E-state index >= 15 is 4.39 Å². The largest absolute Gasteiger partial charge is 0.491 e. The third-order valence-electron chi connectivity index (χ3n) is 9.31. The number of unbranched alkanes of at least 4 members (excludes halogenated alkanes) is 1. The normalized spacial score (nSPS) is 12.0. The van der Waals surface area contributed by atoms with Gasteiger partial charge in [0.05, 0.1) is 30.5 Å². The molecule has 1 amide bonds. The lowest BCUT2D eigenvalue weighted by molar-refractivity contribution is 0.0320. The van der Waals surface area contributed by atoms with Gasteiger partial charge in [-0.25, -0.2) is 19.0 Å². The molecule has 0 radical (unpaired) electrons. The molecule has 0 atom stereocenters. The molecule has 0 aliphatic rings. The summed E-state index contributed by atoms with van der Waals surface area (Å²) in [5.74, 6) is 5.62. The quantitative estimate of drug-likeness (QED) is 0.0366. The highest BCUT2D eigenvalue weighted by molar-refractivity contribution is 7.16. The minimum Gasteiger partial charge on any atom is -0.491 e. The van der Waals surface area contributed by atoms with Crippen LogP contribution in [0.4, 0.5) is 26.0 Å². The number of aromatic nitrogens is 4. The number of aryl methyl sites for hydroxylation is 2. The highest BCUT2D eigenvalue weighted by atomic mass is 32.1. The number of fused-ring (bicyclic) bond motifs is 1. The van der Waals surface area contributed by atoms with E-state index in [1.165, 1.54) is 35.5 Å². The number of hydrogen-bond donors (Lipinski definition) is 1. The number of para-hydroxylation sites is 1. The molecule has 0 spiro atoms. The molecule has 0 fully saturated rings. The lowest BCUT2D eigenvalue weighted by atomic mass is 10.2. The van der Waals surface area contributed by atoms with Gasteiger partial charge in [-0.3, -0.25) is 4.57 Å². The average molecular weight is 920 g/mol. The molecular formula is C45H58FN7O7S2Si. The van der Waals surface area contributed by atoms with Crippen LogP contribution in [0.3, 0.4) is 0 Å². The Morgan fingerprint density at radius 2 is 1.81 bits per heavy atom. The summed E-state index contributed by atoms with van der Waals surface area (Å²) >= 11 is 2.89. The predicted octanol–water partition coefficient (Wildman–Crippen LogP) is 8.87. The van der Waals surface area contributed by atoms with Crippen molar-refractivity contribution in [3.05, 3.63) is 80.8 Å². The van der Waals surface area contributed by atoms with Gasteiger partial charge >= 0.3 is 12.1 Å². The van der Waals surface area contributed by atoms with E-state index in [-0.39, 0.29) is 31.2 Å². The van der Waals surface area contributed by atoms with E-state index in [9.17, 15) is 14.7 Å². The Labute approximate surface area is 377 Å². The molecule has 0 saturated heterocycles. The molecule has 0 unspecified atom stereocenters. The van der Waals surface area contributed by atoms with Crippen LogP contribution in [0.25, 0.3) is 10.2 Å². The monoisotopic (exact) mass is 919 g/mol. The van der Waals surface area contributed by atoms with Gasteiger partial charge in [0.1, 0.15) is 12.3 Å². The molecule has 18 heteroatoms. The van der Waals surface area contributed by atoms with E-state index in [4.69, 9.17) is 28.9 Å². The number of thiazole rings is 2. The Hall–Kier alpha value is -5.19. The number of ether oxygens (including phenoxy) is 4. The van der Waals surface area contributed by atoms with Crippen molar-refractivity contribution in [2.45, 2.75) is 91.4 Å². The second-order valence-corrected chi connectivity index (χ2v) is 24.7. The topological polar surface area (TPSA) is 154 Å². The number of esters is 1. The first-order chi connectivity index (χ1) is 30.0. The number of halogens is 1. The highest BCUT2D eigenvalue weighted by Crippen LogP contribution is 2.34. The third kappa shape index (κ3) is 14.4. The fourth-order valence-electron chi connectivity index (χ4n) is 5.91. The molecule has 5 aromatic rings. The number of carbonyl (C=O) groups excluding carboxylic acids is 2. The smallest absolute Gasteiger partial charge is 0.410 e. The maximum Gasteiger partial charge on any atom is 0.410 e. The lowest BCUT2D eigenvalue weighted by Gasteiger charge is -2.23. The zero-order valence-electron chi connectivity index (χ0n) is 37.6. The zero-order chi connectivity index (χ0) is 45.7. The minimum absolute atomic E-state index is 0.0219. The van der Waals surface area contributed by atoms with Crippen molar-refractivity contribution >= 4 is 69.8 Å². The Bertz CT molecular complexity index is 2480. The molecular weight excluding hydrogens is 862 g/mol. The molecule has 14 nitrogen and oxygen atoms in total. The van der Waals surface area contributed by atoms with Crippen LogP contribution in [0, 0.1) is 24.6 Å². The maximum atomic E-state index is 15.0. The van der Waals surface area contributed by atoms with Crippen LogP contribution in [0.5, 0.6) is 5.75 Å². The number of rotatable bonds is 19. The molecule has 5 rings (SSSR count). The number of hydrogen-bond acceptors (Lipinski definition) is 14. The molecule has 2 aromatic carbocycles. The first kappa shape index (κ1) is 48.8. The SMILES string of the molecule is COC(=O)c1nc(N(CCCCO)c2cc(C)c(/N=c3\sc4ccccc4n3COCC[Si](C)(C)C)nn2)sc1CCCOc1ccc(C#CCN(C)C(=O)OC(C)(C)C)cc1F. The molecule has 63 heavy (non-hydrogen) atoms. The van der Waals surface area contributed by atoms with Crippen LogP contribution in [0.1, 0.15) is 66.5 Å². The number of methoxy groups -OCH3 is 1. The molecule has 1 N–H and O–H groups in total. The summed E-state index contributed by atoms with van der Waals surface area (Å²) in [5, 5.41) is 19.3. The van der Waals surface area contributed by atoms with Gasteiger partial charge in [0.15, 0.2) is 38.8 Å². The van der Waals surface area contributed by atoms with Crippen LogP contribution < -0.4 is 14.4 Å². The second-order valence-electron chi connectivity index (χ2n) is 17.0. The Kier molecular flexibility index (Phi) is 17.4. The Balaban J connectivity index is 1.30. The summed E-state index contributed by atoms with van der Waals surface area (Å²) < 4.78 is 40.5. The summed E-state index contributed by atoms with van der Waals surface area (Å²) in [6.45, 7) is 16.1. The van der Waals surface area contributed by atoms with E-state index < -0.39 is 31.6 Å². The molecule has 0 bridgehead atoms. The summed E-state index contributed by atoms with van der Waals surface area (Å²) in [4.78, 5) is 39.5. The molecule has 3 heterocycles. The van der Waals surface area contributed by atoms with E-state index in [0.717, 1.165) is 26.6 Å². The predicted molar refractivity (Wildman–Crippen MR) is 249 cm³/mol. The van der Waals surface area contributed by atoms with Gasteiger partial charge in [-0.05, 0) is 101 Å². The van der Waals surface area contributed by atoms with Gasteiger partial charge in [0.25, 0.3) is 0 Å². The lowest BCUT2D eigenvalue weighted by Crippen LogP contribution is -2.34. The number of anilines is 2. The molecule has 0 saturated carbocycles.